The fourth-order valence-corrected chi connectivity index (χ4v) is 3.41. The molecule has 0 amide bonds. The number of fused-ring (bicyclic) bond motifs is 1. The molecule has 0 aliphatic carbocycles. The van der Waals surface area contributed by atoms with Crippen molar-refractivity contribution >= 4 is 51.8 Å². The van der Waals surface area contributed by atoms with Gasteiger partial charge in [-0.15, -0.1) is 11.8 Å². The molecule has 0 unspecified atom stereocenters. The summed E-state index contributed by atoms with van der Waals surface area (Å²) in [7, 11) is 0. The summed E-state index contributed by atoms with van der Waals surface area (Å²) in [5, 5.41) is 4.05. The molecule has 0 aliphatic rings. The second-order valence-electron chi connectivity index (χ2n) is 4.14. The number of hydrogen-bond donors (Lipinski definition) is 1. The number of halogens is 1. The van der Waals surface area contributed by atoms with Crippen molar-refractivity contribution in [3.8, 4) is 0 Å². The van der Waals surface area contributed by atoms with E-state index in [1.807, 2.05) is 42.1 Å². The Balaban J connectivity index is 1.63. The number of benzene rings is 2. The summed E-state index contributed by atoms with van der Waals surface area (Å²) in [6.45, 7) is 0.829. The highest BCUT2D eigenvalue weighted by molar-refractivity contribution is 7.99. The van der Waals surface area contributed by atoms with Gasteiger partial charge in [-0.25, -0.2) is 0 Å². The van der Waals surface area contributed by atoms with Gasteiger partial charge in [-0.05, 0) is 24.3 Å². The van der Waals surface area contributed by atoms with Gasteiger partial charge in [-0.3, -0.25) is 0 Å². The lowest BCUT2D eigenvalue weighted by atomic mass is 10.2. The summed E-state index contributed by atoms with van der Waals surface area (Å²) in [6, 6.07) is 14.1. The first-order valence-corrected chi connectivity index (χ1v) is 8.26. The smallest absolute Gasteiger partial charge is 0.129 e. The maximum Gasteiger partial charge on any atom is 0.129 e. The average Bonchev–Trinajstić information content (AvgIpc) is 2.95. The van der Waals surface area contributed by atoms with Crippen molar-refractivity contribution < 1.29 is 0 Å². The number of rotatable bonds is 5. The molecule has 2 aromatic carbocycles. The second-order valence-corrected chi connectivity index (χ2v) is 6.25. The SMILES string of the molecule is Clc1ccc2nsnc2c1NCCSc1ccccc1. The lowest BCUT2D eigenvalue weighted by Gasteiger charge is -2.08. The van der Waals surface area contributed by atoms with E-state index in [2.05, 4.69) is 26.2 Å². The van der Waals surface area contributed by atoms with Crippen LogP contribution in [0.15, 0.2) is 47.4 Å². The Morgan fingerprint density at radius 1 is 1.10 bits per heavy atom. The molecule has 0 fully saturated rings. The summed E-state index contributed by atoms with van der Waals surface area (Å²) in [5.74, 6) is 0.967. The molecule has 0 aliphatic heterocycles. The van der Waals surface area contributed by atoms with Crippen LogP contribution in [0.4, 0.5) is 5.69 Å². The molecule has 0 radical (unpaired) electrons. The number of thioether (sulfide) groups is 1. The van der Waals surface area contributed by atoms with Gasteiger partial charge in [0.1, 0.15) is 11.0 Å². The van der Waals surface area contributed by atoms with E-state index in [9.17, 15) is 0 Å². The lowest BCUT2D eigenvalue weighted by Crippen LogP contribution is -2.05. The summed E-state index contributed by atoms with van der Waals surface area (Å²) in [5.41, 5.74) is 2.62. The number of anilines is 1. The Morgan fingerprint density at radius 2 is 1.95 bits per heavy atom. The zero-order valence-corrected chi connectivity index (χ0v) is 12.9. The maximum atomic E-state index is 6.22. The first-order chi connectivity index (χ1) is 9.84. The minimum absolute atomic E-state index is 0.690. The Bertz CT molecular complexity index is 700. The molecule has 102 valence electrons. The Morgan fingerprint density at radius 3 is 2.80 bits per heavy atom. The first kappa shape index (κ1) is 13.7. The molecule has 1 heterocycles. The molecule has 0 atom stereocenters. The predicted molar refractivity (Wildman–Crippen MR) is 88.1 cm³/mol. The minimum Gasteiger partial charge on any atom is -0.381 e. The van der Waals surface area contributed by atoms with E-state index in [0.29, 0.717) is 5.02 Å². The molecule has 1 N–H and O–H groups in total. The standard InChI is InChI=1S/C14H12ClN3S2/c15-11-6-7-12-14(18-20-17-12)13(11)16-8-9-19-10-4-2-1-3-5-10/h1-7,16H,8-9H2. The predicted octanol–water partition coefficient (Wildman–Crippen LogP) is 4.55. The number of nitrogens with one attached hydrogen (secondary N) is 1. The highest BCUT2D eigenvalue weighted by atomic mass is 35.5. The van der Waals surface area contributed by atoms with Crippen molar-refractivity contribution in [2.45, 2.75) is 4.90 Å². The molecular formula is C14H12ClN3S2. The van der Waals surface area contributed by atoms with Gasteiger partial charge in [0.2, 0.25) is 0 Å². The largest absolute Gasteiger partial charge is 0.381 e. The van der Waals surface area contributed by atoms with Gasteiger partial charge in [0.25, 0.3) is 0 Å². The molecule has 6 heteroatoms. The Hall–Kier alpha value is -1.30. The van der Waals surface area contributed by atoms with Crippen LogP contribution < -0.4 is 5.32 Å². The van der Waals surface area contributed by atoms with Crippen molar-refractivity contribution in [3.63, 3.8) is 0 Å². The quantitative estimate of drug-likeness (QED) is 0.552. The topological polar surface area (TPSA) is 37.8 Å². The third kappa shape index (κ3) is 3.06. The highest BCUT2D eigenvalue weighted by Crippen LogP contribution is 2.30. The van der Waals surface area contributed by atoms with Crippen LogP contribution in [0.2, 0.25) is 5.02 Å². The Labute approximate surface area is 130 Å². The van der Waals surface area contributed by atoms with Crippen LogP contribution in [-0.4, -0.2) is 21.0 Å². The average molecular weight is 322 g/mol. The molecule has 0 spiro atoms. The third-order valence-electron chi connectivity index (χ3n) is 2.79. The highest BCUT2D eigenvalue weighted by Gasteiger charge is 2.09. The molecule has 20 heavy (non-hydrogen) atoms. The lowest BCUT2D eigenvalue weighted by molar-refractivity contribution is 1.23. The van der Waals surface area contributed by atoms with E-state index in [-0.39, 0.29) is 0 Å². The monoisotopic (exact) mass is 321 g/mol. The summed E-state index contributed by atoms with van der Waals surface area (Å²) in [6.07, 6.45) is 0. The maximum absolute atomic E-state index is 6.22. The number of aromatic nitrogens is 2. The zero-order chi connectivity index (χ0) is 13.8. The van der Waals surface area contributed by atoms with Crippen molar-refractivity contribution in [1.82, 2.24) is 8.75 Å². The van der Waals surface area contributed by atoms with Crippen LogP contribution in [0.5, 0.6) is 0 Å². The fourth-order valence-electron chi connectivity index (χ4n) is 1.86. The minimum atomic E-state index is 0.690. The van der Waals surface area contributed by atoms with Crippen LogP contribution >= 0.6 is 35.1 Å². The van der Waals surface area contributed by atoms with Crippen LogP contribution in [0.25, 0.3) is 11.0 Å². The van der Waals surface area contributed by atoms with E-state index in [1.54, 1.807) is 0 Å². The normalized spacial score (nSPS) is 10.8. The van der Waals surface area contributed by atoms with E-state index in [0.717, 1.165) is 29.0 Å². The van der Waals surface area contributed by atoms with Crippen molar-refractivity contribution in [1.29, 1.82) is 0 Å². The molecule has 3 rings (SSSR count). The van der Waals surface area contributed by atoms with Gasteiger partial charge in [-0.1, -0.05) is 29.8 Å². The summed E-state index contributed by atoms with van der Waals surface area (Å²) in [4.78, 5) is 1.27. The van der Waals surface area contributed by atoms with Gasteiger partial charge in [-0.2, -0.15) is 8.75 Å². The van der Waals surface area contributed by atoms with Gasteiger partial charge in [0.15, 0.2) is 0 Å². The van der Waals surface area contributed by atoms with Crippen molar-refractivity contribution in [2.75, 3.05) is 17.6 Å². The van der Waals surface area contributed by atoms with E-state index < -0.39 is 0 Å². The first-order valence-electron chi connectivity index (χ1n) is 6.17. The fraction of sp³-hybridized carbons (Fsp3) is 0.143. The van der Waals surface area contributed by atoms with Gasteiger partial charge in [0, 0.05) is 17.2 Å². The van der Waals surface area contributed by atoms with Crippen LogP contribution in [0.3, 0.4) is 0 Å². The molecule has 0 bridgehead atoms. The van der Waals surface area contributed by atoms with E-state index in [1.165, 1.54) is 16.6 Å². The van der Waals surface area contributed by atoms with Gasteiger partial charge < -0.3 is 5.32 Å². The molecular weight excluding hydrogens is 310 g/mol. The number of hydrogen-bond acceptors (Lipinski definition) is 5. The van der Waals surface area contributed by atoms with Crippen molar-refractivity contribution in [3.05, 3.63) is 47.5 Å². The molecule has 1 aromatic heterocycles. The van der Waals surface area contributed by atoms with E-state index >= 15 is 0 Å². The summed E-state index contributed by atoms with van der Waals surface area (Å²) >= 11 is 9.25. The molecule has 0 saturated carbocycles. The van der Waals surface area contributed by atoms with E-state index in [4.69, 9.17) is 11.6 Å². The van der Waals surface area contributed by atoms with Gasteiger partial charge in [0.05, 0.1) is 22.4 Å². The van der Waals surface area contributed by atoms with Crippen LogP contribution in [-0.2, 0) is 0 Å². The van der Waals surface area contributed by atoms with Crippen LogP contribution in [0.1, 0.15) is 0 Å². The summed E-state index contributed by atoms with van der Waals surface area (Å²) < 4.78 is 8.52. The Kier molecular flexibility index (Phi) is 4.40. The second kappa shape index (κ2) is 6.43. The zero-order valence-electron chi connectivity index (χ0n) is 10.5. The van der Waals surface area contributed by atoms with Gasteiger partial charge >= 0.3 is 0 Å². The number of nitrogens with zero attached hydrogens (tertiary/aromatic N) is 2. The van der Waals surface area contributed by atoms with Crippen LogP contribution in [0, 0.1) is 0 Å². The third-order valence-corrected chi connectivity index (χ3v) is 4.66. The molecule has 3 nitrogen and oxygen atoms in total. The molecule has 0 saturated heterocycles. The van der Waals surface area contributed by atoms with Crippen molar-refractivity contribution in [2.24, 2.45) is 0 Å². The molecule has 3 aromatic rings.